The highest BCUT2D eigenvalue weighted by Gasteiger charge is 2.45. The van der Waals surface area contributed by atoms with Gasteiger partial charge < -0.3 is 10.6 Å². The van der Waals surface area contributed by atoms with Crippen molar-refractivity contribution in [2.24, 2.45) is 4.99 Å². The van der Waals surface area contributed by atoms with Gasteiger partial charge in [-0.1, -0.05) is 18.2 Å². The third-order valence-corrected chi connectivity index (χ3v) is 6.04. The van der Waals surface area contributed by atoms with Gasteiger partial charge in [-0.05, 0) is 43.1 Å². The van der Waals surface area contributed by atoms with E-state index in [1.165, 1.54) is 18.6 Å². The van der Waals surface area contributed by atoms with Crippen molar-refractivity contribution in [1.82, 2.24) is 10.6 Å². The lowest BCUT2D eigenvalue weighted by Gasteiger charge is -2.20. The number of guanidine groups is 1. The fourth-order valence-corrected chi connectivity index (χ4v) is 4.27. The average Bonchev–Trinajstić information content (AvgIpc) is 3.13. The molecule has 1 saturated carbocycles. The average molecular weight is 449 g/mol. The molecule has 2 N–H and O–H groups in total. The lowest BCUT2D eigenvalue weighted by Crippen LogP contribution is -2.43. The molecule has 0 amide bonds. The molecule has 1 aromatic rings. The number of nitrogens with one attached hydrogen (secondary N) is 2. The summed E-state index contributed by atoms with van der Waals surface area (Å²) in [6.45, 7) is 1.70. The quantitative estimate of drug-likeness (QED) is 0.410. The zero-order chi connectivity index (χ0) is 15.4. The van der Waals surface area contributed by atoms with E-state index in [1.807, 2.05) is 23.9 Å². The van der Waals surface area contributed by atoms with Crippen LogP contribution in [0.25, 0.3) is 0 Å². The van der Waals surface area contributed by atoms with Crippen molar-refractivity contribution in [3.05, 3.63) is 35.6 Å². The first-order valence-corrected chi connectivity index (χ1v) is 9.09. The first kappa shape index (κ1) is 18.8. The van der Waals surface area contributed by atoms with Gasteiger partial charge in [0.1, 0.15) is 5.82 Å². The van der Waals surface area contributed by atoms with Crippen molar-refractivity contribution < 1.29 is 4.39 Å². The summed E-state index contributed by atoms with van der Waals surface area (Å²) in [5, 5.41) is 7.48. The van der Waals surface area contributed by atoms with Crippen molar-refractivity contribution in [1.29, 1.82) is 0 Å². The number of benzene rings is 1. The Hall–Kier alpha value is -0.500. The highest BCUT2D eigenvalue weighted by molar-refractivity contribution is 14.0. The summed E-state index contributed by atoms with van der Waals surface area (Å²) in [7, 11) is 1.79. The molecule has 1 atom stereocenters. The van der Waals surface area contributed by atoms with E-state index in [4.69, 9.17) is 0 Å². The number of rotatable bonds is 5. The van der Waals surface area contributed by atoms with E-state index in [1.54, 1.807) is 19.2 Å². The molecule has 1 heterocycles. The summed E-state index contributed by atoms with van der Waals surface area (Å²) < 4.78 is 14.0. The van der Waals surface area contributed by atoms with Crippen molar-refractivity contribution in [3.63, 3.8) is 0 Å². The van der Waals surface area contributed by atoms with Crippen molar-refractivity contribution in [2.75, 3.05) is 25.9 Å². The van der Waals surface area contributed by atoms with Crippen molar-refractivity contribution in [3.8, 4) is 0 Å². The Morgan fingerprint density at radius 1 is 1.35 bits per heavy atom. The molecule has 0 radical (unpaired) electrons. The number of aliphatic imine (C=N–C) groups is 1. The molecule has 1 unspecified atom stereocenters. The second kappa shape index (κ2) is 8.55. The Balaban J connectivity index is 0.00000192. The largest absolute Gasteiger partial charge is 0.356 e. The first-order chi connectivity index (χ1) is 10.7. The Kier molecular flexibility index (Phi) is 7.00. The molecule has 2 fully saturated rings. The summed E-state index contributed by atoms with van der Waals surface area (Å²) in [6, 6.07) is 7.14. The second-order valence-corrected chi connectivity index (χ2v) is 7.61. The van der Waals surface area contributed by atoms with E-state index in [0.717, 1.165) is 37.5 Å². The number of hydrogen-bond acceptors (Lipinski definition) is 2. The maximum Gasteiger partial charge on any atom is 0.191 e. The van der Waals surface area contributed by atoms with Crippen molar-refractivity contribution >= 4 is 41.7 Å². The van der Waals surface area contributed by atoms with Gasteiger partial charge in [0.25, 0.3) is 0 Å². The third-order valence-electron chi connectivity index (χ3n) is 4.64. The fraction of sp³-hybridized carbons (Fsp3) is 0.588. The van der Waals surface area contributed by atoms with Gasteiger partial charge >= 0.3 is 0 Å². The number of hydrogen-bond donors (Lipinski definition) is 2. The van der Waals surface area contributed by atoms with Crippen LogP contribution in [0.2, 0.25) is 0 Å². The first-order valence-electron chi connectivity index (χ1n) is 8.05. The van der Waals surface area contributed by atoms with Crippen molar-refractivity contribution in [2.45, 2.75) is 36.3 Å². The number of nitrogens with zero attached hydrogens (tertiary/aromatic N) is 1. The van der Waals surface area contributed by atoms with Crippen LogP contribution in [-0.2, 0) is 5.41 Å². The molecule has 1 aliphatic heterocycles. The van der Waals surface area contributed by atoms with Gasteiger partial charge in [0.05, 0.1) is 0 Å². The second-order valence-electron chi connectivity index (χ2n) is 6.20. The van der Waals surface area contributed by atoms with Gasteiger partial charge in [0.2, 0.25) is 0 Å². The number of thioether (sulfide) groups is 1. The lowest BCUT2D eigenvalue weighted by molar-refractivity contribution is 0.559. The van der Waals surface area contributed by atoms with Crippen LogP contribution in [0.3, 0.4) is 0 Å². The van der Waals surface area contributed by atoms with Crippen LogP contribution in [0.5, 0.6) is 0 Å². The van der Waals surface area contributed by atoms with Crippen LogP contribution in [0, 0.1) is 5.82 Å². The zero-order valence-electron chi connectivity index (χ0n) is 13.5. The minimum Gasteiger partial charge on any atom is -0.356 e. The highest BCUT2D eigenvalue weighted by atomic mass is 127. The SMILES string of the molecule is CN=C(NCC1CCCS1)NCC1(c2ccccc2F)CC1.I. The van der Waals surface area contributed by atoms with E-state index in [-0.39, 0.29) is 35.2 Å². The summed E-state index contributed by atoms with van der Waals surface area (Å²) in [4.78, 5) is 4.29. The Morgan fingerprint density at radius 2 is 2.13 bits per heavy atom. The summed E-state index contributed by atoms with van der Waals surface area (Å²) >= 11 is 2.03. The Morgan fingerprint density at radius 3 is 2.74 bits per heavy atom. The summed E-state index contributed by atoms with van der Waals surface area (Å²) in [5.41, 5.74) is 0.787. The van der Waals surface area contributed by atoms with Gasteiger partial charge in [0, 0.05) is 30.8 Å². The monoisotopic (exact) mass is 449 g/mol. The van der Waals surface area contributed by atoms with Gasteiger partial charge in [0.15, 0.2) is 5.96 Å². The minimum atomic E-state index is -0.0906. The van der Waals surface area contributed by atoms with E-state index >= 15 is 0 Å². The normalized spacial score (nSPS) is 22.3. The molecular formula is C17H25FIN3S. The molecule has 3 nitrogen and oxygen atoms in total. The van der Waals surface area contributed by atoms with Crippen LogP contribution in [-0.4, -0.2) is 37.1 Å². The van der Waals surface area contributed by atoms with Crippen LogP contribution in [0.1, 0.15) is 31.2 Å². The predicted molar refractivity (Wildman–Crippen MR) is 108 cm³/mol. The topological polar surface area (TPSA) is 36.4 Å². The van der Waals surface area contributed by atoms with E-state index in [0.29, 0.717) is 5.25 Å². The molecule has 23 heavy (non-hydrogen) atoms. The third kappa shape index (κ3) is 4.75. The molecule has 1 aromatic carbocycles. The maximum absolute atomic E-state index is 14.0. The van der Waals surface area contributed by atoms with Crippen LogP contribution in [0.4, 0.5) is 4.39 Å². The molecule has 128 valence electrons. The lowest BCUT2D eigenvalue weighted by atomic mass is 9.95. The standard InChI is InChI=1S/C17H24FN3S.HI/c1-19-16(20-11-13-5-4-10-22-13)21-12-17(8-9-17)14-6-2-3-7-15(14)18;/h2-3,6-7,13H,4-5,8-12H2,1H3,(H2,19,20,21);1H. The van der Waals surface area contributed by atoms with Crippen LogP contribution in [0.15, 0.2) is 29.3 Å². The molecule has 0 spiro atoms. The predicted octanol–water partition coefficient (Wildman–Crippen LogP) is 3.54. The molecule has 3 rings (SSSR count). The van der Waals surface area contributed by atoms with Gasteiger partial charge in [-0.25, -0.2) is 4.39 Å². The molecule has 6 heteroatoms. The van der Waals surface area contributed by atoms with Crippen LogP contribution >= 0.6 is 35.7 Å². The highest BCUT2D eigenvalue weighted by Crippen LogP contribution is 2.48. The maximum atomic E-state index is 14.0. The fourth-order valence-electron chi connectivity index (χ4n) is 3.07. The smallest absolute Gasteiger partial charge is 0.191 e. The van der Waals surface area contributed by atoms with Gasteiger partial charge in [-0.2, -0.15) is 11.8 Å². The Bertz CT molecular complexity index is 542. The Labute approximate surface area is 159 Å². The molecule has 0 aromatic heterocycles. The molecule has 0 bridgehead atoms. The van der Waals surface area contributed by atoms with Gasteiger partial charge in [-0.15, -0.1) is 24.0 Å². The van der Waals surface area contributed by atoms with Gasteiger partial charge in [-0.3, -0.25) is 4.99 Å². The molecule has 1 saturated heterocycles. The van der Waals surface area contributed by atoms with E-state index < -0.39 is 0 Å². The molecule has 1 aliphatic carbocycles. The minimum absolute atomic E-state index is 0. The summed E-state index contributed by atoms with van der Waals surface area (Å²) in [6.07, 6.45) is 4.68. The van der Waals surface area contributed by atoms with E-state index in [9.17, 15) is 4.39 Å². The zero-order valence-corrected chi connectivity index (χ0v) is 16.6. The van der Waals surface area contributed by atoms with E-state index in [2.05, 4.69) is 15.6 Å². The molecular weight excluding hydrogens is 424 g/mol. The number of halogens is 2. The summed E-state index contributed by atoms with van der Waals surface area (Å²) in [5.74, 6) is 2.01. The van der Waals surface area contributed by atoms with Crippen LogP contribution < -0.4 is 10.6 Å². The molecule has 2 aliphatic rings.